The van der Waals surface area contributed by atoms with E-state index in [4.69, 9.17) is 0 Å². The van der Waals surface area contributed by atoms with Gasteiger partial charge < -0.3 is 5.32 Å². The van der Waals surface area contributed by atoms with E-state index < -0.39 is 0 Å². The van der Waals surface area contributed by atoms with Gasteiger partial charge >= 0.3 is 5.69 Å². The number of rotatable bonds is 3. The van der Waals surface area contributed by atoms with Crippen LogP contribution in [0, 0.1) is 0 Å². The molecule has 7 heteroatoms. The standard InChI is InChI=1S/C13H13N5O2/c1-17-10-4-2-3-5-11(10)18(13(17)20)8-12(19)16-9-6-14-15-7-9/h2-7H,8H2,1H3,(H,14,15)(H,16,19). The van der Waals surface area contributed by atoms with E-state index in [0.29, 0.717) is 5.69 Å². The van der Waals surface area contributed by atoms with Crippen LogP contribution in [0.3, 0.4) is 0 Å². The lowest BCUT2D eigenvalue weighted by Gasteiger charge is -2.03. The Morgan fingerprint density at radius 2 is 2.10 bits per heavy atom. The highest BCUT2D eigenvalue weighted by atomic mass is 16.2. The molecule has 1 amide bonds. The number of nitrogens with one attached hydrogen (secondary N) is 2. The SMILES string of the molecule is Cn1c(=O)n(CC(=O)Nc2cn[nH]c2)c2ccccc21. The van der Waals surface area contributed by atoms with Gasteiger partial charge in [-0.05, 0) is 12.1 Å². The maximum absolute atomic E-state index is 12.2. The fraction of sp³-hybridized carbons (Fsp3) is 0.154. The van der Waals surface area contributed by atoms with Crippen LogP contribution in [0.15, 0.2) is 41.5 Å². The number of benzene rings is 1. The van der Waals surface area contributed by atoms with Crippen molar-refractivity contribution in [3.8, 4) is 0 Å². The number of aryl methyl sites for hydroxylation is 1. The average molecular weight is 271 g/mol. The molecule has 0 aliphatic carbocycles. The molecule has 7 nitrogen and oxygen atoms in total. The highest BCUT2D eigenvalue weighted by Crippen LogP contribution is 2.11. The molecule has 2 aromatic heterocycles. The van der Waals surface area contributed by atoms with Gasteiger partial charge in [0.05, 0.1) is 22.9 Å². The smallest absolute Gasteiger partial charge is 0.322 e. The first-order chi connectivity index (χ1) is 9.66. The minimum absolute atomic E-state index is 0.0363. The summed E-state index contributed by atoms with van der Waals surface area (Å²) in [5, 5.41) is 9.02. The zero-order chi connectivity index (χ0) is 14.1. The normalized spacial score (nSPS) is 10.8. The highest BCUT2D eigenvalue weighted by Gasteiger charge is 2.13. The van der Waals surface area contributed by atoms with Gasteiger partial charge in [-0.3, -0.25) is 19.0 Å². The summed E-state index contributed by atoms with van der Waals surface area (Å²) in [5.74, 6) is -0.273. The fourth-order valence-corrected chi connectivity index (χ4v) is 2.18. The van der Waals surface area contributed by atoms with Crippen molar-refractivity contribution in [1.82, 2.24) is 19.3 Å². The van der Waals surface area contributed by atoms with Gasteiger partial charge in [-0.25, -0.2) is 4.79 Å². The van der Waals surface area contributed by atoms with Crippen LogP contribution in [0.5, 0.6) is 0 Å². The summed E-state index contributed by atoms with van der Waals surface area (Å²) in [4.78, 5) is 24.1. The number of aromatic nitrogens is 4. The van der Waals surface area contributed by atoms with Gasteiger partial charge in [0.1, 0.15) is 6.54 Å². The fourth-order valence-electron chi connectivity index (χ4n) is 2.18. The number of hydrogen-bond acceptors (Lipinski definition) is 3. The molecule has 0 aliphatic rings. The number of hydrogen-bond donors (Lipinski definition) is 2. The Morgan fingerprint density at radius 3 is 2.80 bits per heavy atom. The predicted molar refractivity (Wildman–Crippen MR) is 74.4 cm³/mol. The first kappa shape index (κ1) is 12.2. The molecule has 3 aromatic rings. The first-order valence-electron chi connectivity index (χ1n) is 6.09. The Balaban J connectivity index is 1.93. The number of amides is 1. The number of carbonyl (C=O) groups excluding carboxylic acids is 1. The van der Waals surface area contributed by atoms with Crippen molar-refractivity contribution in [2.75, 3.05) is 5.32 Å². The number of anilines is 1. The molecule has 3 rings (SSSR count). The highest BCUT2D eigenvalue weighted by molar-refractivity contribution is 5.91. The molecular weight excluding hydrogens is 258 g/mol. The van der Waals surface area contributed by atoms with Crippen molar-refractivity contribution >= 4 is 22.6 Å². The number of aromatic amines is 1. The van der Waals surface area contributed by atoms with Gasteiger partial charge in [-0.15, -0.1) is 0 Å². The van der Waals surface area contributed by atoms with E-state index in [1.807, 2.05) is 24.3 Å². The molecule has 0 spiro atoms. The van der Waals surface area contributed by atoms with E-state index in [2.05, 4.69) is 15.5 Å². The molecule has 2 heterocycles. The van der Waals surface area contributed by atoms with Crippen LogP contribution in [-0.4, -0.2) is 25.2 Å². The maximum atomic E-state index is 12.2. The molecule has 1 aromatic carbocycles. The number of imidazole rings is 1. The Hall–Kier alpha value is -2.83. The summed E-state index contributed by atoms with van der Waals surface area (Å²) in [6, 6.07) is 7.37. The number of nitrogens with zero attached hydrogens (tertiary/aromatic N) is 3. The molecule has 2 N–H and O–H groups in total. The van der Waals surface area contributed by atoms with Gasteiger partial charge in [0.25, 0.3) is 0 Å². The summed E-state index contributed by atoms with van der Waals surface area (Å²) in [6.45, 7) is -0.0363. The van der Waals surface area contributed by atoms with E-state index in [1.54, 1.807) is 13.2 Å². The van der Waals surface area contributed by atoms with Crippen LogP contribution in [0.25, 0.3) is 11.0 Å². The van der Waals surface area contributed by atoms with Crippen molar-refractivity contribution < 1.29 is 4.79 Å². The lowest BCUT2D eigenvalue weighted by molar-refractivity contribution is -0.116. The summed E-state index contributed by atoms with van der Waals surface area (Å²) >= 11 is 0. The van der Waals surface area contributed by atoms with Crippen LogP contribution in [0.1, 0.15) is 0 Å². The van der Waals surface area contributed by atoms with Crippen molar-refractivity contribution in [1.29, 1.82) is 0 Å². The topological polar surface area (TPSA) is 84.7 Å². The molecule has 0 saturated carbocycles. The van der Waals surface area contributed by atoms with Crippen LogP contribution in [0.2, 0.25) is 0 Å². The van der Waals surface area contributed by atoms with Gasteiger partial charge in [0.15, 0.2) is 0 Å². The van der Waals surface area contributed by atoms with Crippen LogP contribution < -0.4 is 11.0 Å². The second kappa shape index (κ2) is 4.69. The molecule has 0 bridgehead atoms. The van der Waals surface area contributed by atoms with Crippen molar-refractivity contribution in [3.63, 3.8) is 0 Å². The van der Waals surface area contributed by atoms with Gasteiger partial charge in [0, 0.05) is 13.2 Å². The number of fused-ring (bicyclic) bond motifs is 1. The molecule has 20 heavy (non-hydrogen) atoms. The van der Waals surface area contributed by atoms with E-state index >= 15 is 0 Å². The van der Waals surface area contributed by atoms with E-state index in [0.717, 1.165) is 11.0 Å². The Kier molecular flexibility index (Phi) is 2.86. The summed E-state index contributed by atoms with van der Waals surface area (Å²) in [6.07, 6.45) is 3.08. The zero-order valence-electron chi connectivity index (χ0n) is 10.8. The molecule has 0 atom stereocenters. The number of H-pyrrole nitrogens is 1. The number of carbonyl (C=O) groups is 1. The summed E-state index contributed by atoms with van der Waals surface area (Å²) in [5.41, 5.74) is 1.90. The Labute approximate surface area is 113 Å². The van der Waals surface area contributed by atoms with Gasteiger partial charge in [-0.2, -0.15) is 5.10 Å². The lowest BCUT2D eigenvalue weighted by atomic mass is 10.3. The summed E-state index contributed by atoms with van der Waals surface area (Å²) in [7, 11) is 1.69. The quantitative estimate of drug-likeness (QED) is 0.735. The third kappa shape index (κ3) is 1.99. The van der Waals surface area contributed by atoms with Crippen molar-refractivity contribution in [3.05, 3.63) is 47.1 Å². The predicted octanol–water partition coefficient (Wildman–Crippen LogP) is 0.702. The Morgan fingerprint density at radius 1 is 1.35 bits per heavy atom. The molecule has 0 saturated heterocycles. The molecule has 102 valence electrons. The monoisotopic (exact) mass is 271 g/mol. The largest absolute Gasteiger partial charge is 0.329 e. The van der Waals surface area contributed by atoms with E-state index in [-0.39, 0.29) is 18.1 Å². The molecule has 0 radical (unpaired) electrons. The molecule has 0 unspecified atom stereocenters. The minimum atomic E-state index is -0.273. The lowest BCUT2D eigenvalue weighted by Crippen LogP contribution is -2.28. The number of para-hydroxylation sites is 2. The van der Waals surface area contributed by atoms with Crippen molar-refractivity contribution in [2.24, 2.45) is 7.05 Å². The van der Waals surface area contributed by atoms with Crippen LogP contribution >= 0.6 is 0 Å². The zero-order valence-corrected chi connectivity index (χ0v) is 10.8. The molecule has 0 aliphatic heterocycles. The summed E-state index contributed by atoms with van der Waals surface area (Å²) < 4.78 is 2.98. The molecule has 0 fully saturated rings. The third-order valence-corrected chi connectivity index (χ3v) is 3.14. The molecular formula is C13H13N5O2. The van der Waals surface area contributed by atoms with E-state index in [9.17, 15) is 9.59 Å². The second-order valence-electron chi connectivity index (χ2n) is 4.45. The van der Waals surface area contributed by atoms with Crippen LogP contribution in [-0.2, 0) is 18.4 Å². The Bertz CT molecular complexity index is 813. The van der Waals surface area contributed by atoms with E-state index in [1.165, 1.54) is 15.3 Å². The average Bonchev–Trinajstić information content (AvgIpc) is 3.03. The third-order valence-electron chi connectivity index (χ3n) is 3.14. The second-order valence-corrected chi connectivity index (χ2v) is 4.45. The van der Waals surface area contributed by atoms with Crippen molar-refractivity contribution in [2.45, 2.75) is 6.54 Å². The maximum Gasteiger partial charge on any atom is 0.329 e. The first-order valence-corrected chi connectivity index (χ1v) is 6.09. The van der Waals surface area contributed by atoms with Crippen LogP contribution in [0.4, 0.5) is 5.69 Å². The minimum Gasteiger partial charge on any atom is -0.322 e. The van der Waals surface area contributed by atoms with Gasteiger partial charge in [0.2, 0.25) is 5.91 Å². The van der Waals surface area contributed by atoms with Gasteiger partial charge in [-0.1, -0.05) is 12.1 Å².